The molecule has 4 nitrogen and oxygen atoms in total. The van der Waals surface area contributed by atoms with Crippen molar-refractivity contribution in [2.75, 3.05) is 6.54 Å². The van der Waals surface area contributed by atoms with E-state index in [4.69, 9.17) is 11.6 Å². The second-order valence-electron chi connectivity index (χ2n) is 2.38. The number of nitrogens with zero attached hydrogens (tertiary/aromatic N) is 1. The molecule has 0 aromatic heterocycles. The van der Waals surface area contributed by atoms with Gasteiger partial charge >= 0.3 is 0 Å². The minimum atomic E-state index is 0.306. The van der Waals surface area contributed by atoms with Crippen LogP contribution in [-0.4, -0.2) is 12.5 Å². The quantitative estimate of drug-likeness (QED) is 0.222. The summed E-state index contributed by atoms with van der Waals surface area (Å²) in [5.41, 5.74) is 7.56. The Morgan fingerprint density at radius 2 is 2.30 bits per heavy atom. The predicted octanol–water partition coefficient (Wildman–Crippen LogP) is -0.189. The second kappa shape index (κ2) is 5.05. The molecule has 0 heterocycles. The van der Waals surface area contributed by atoms with Gasteiger partial charge in [-0.05, 0) is 5.92 Å². The third-order valence-corrected chi connectivity index (χ3v) is 1.42. The molecule has 0 aliphatic heterocycles. The molecule has 0 aromatic rings. The van der Waals surface area contributed by atoms with E-state index in [-0.39, 0.29) is 0 Å². The Morgan fingerprint density at radius 3 is 2.70 bits per heavy atom. The lowest BCUT2D eigenvalue weighted by atomic mass is 10.1. The fourth-order valence-corrected chi connectivity index (χ4v) is 0.429. The Labute approximate surface area is 61.7 Å². The van der Waals surface area contributed by atoms with Gasteiger partial charge in [-0.3, -0.25) is 10.4 Å². The molecule has 0 spiro atoms. The van der Waals surface area contributed by atoms with E-state index in [9.17, 15) is 0 Å². The summed E-state index contributed by atoms with van der Waals surface area (Å²) in [6, 6.07) is 0. The molecule has 0 amide bonds. The number of nitrogens with one attached hydrogen (secondary N) is 1. The average Bonchev–Trinajstić information content (AvgIpc) is 1.99. The highest BCUT2D eigenvalue weighted by atomic mass is 15.3. The lowest BCUT2D eigenvalue weighted by molar-refractivity contribution is 0.575. The van der Waals surface area contributed by atoms with Crippen LogP contribution in [0.4, 0.5) is 0 Å². The summed E-state index contributed by atoms with van der Waals surface area (Å²) in [5.74, 6) is 5.88. The highest BCUT2D eigenvalue weighted by Crippen LogP contribution is 1.99. The first kappa shape index (κ1) is 9.23. The van der Waals surface area contributed by atoms with Crippen molar-refractivity contribution >= 4 is 5.96 Å². The summed E-state index contributed by atoms with van der Waals surface area (Å²) in [5, 5.41) is 0. The minimum absolute atomic E-state index is 0.306. The first-order valence-corrected chi connectivity index (χ1v) is 3.47. The largest absolute Gasteiger partial charge is 0.369 e. The molecule has 0 saturated heterocycles. The van der Waals surface area contributed by atoms with E-state index in [1.165, 1.54) is 0 Å². The molecule has 0 fully saturated rings. The normalized spacial score (nSPS) is 14.9. The van der Waals surface area contributed by atoms with Crippen LogP contribution in [0.3, 0.4) is 0 Å². The van der Waals surface area contributed by atoms with Crippen molar-refractivity contribution in [2.24, 2.45) is 22.5 Å². The SMILES string of the molecule is CCC(C)CN=C(N)NN. The first-order chi connectivity index (χ1) is 4.70. The summed E-state index contributed by atoms with van der Waals surface area (Å²) < 4.78 is 0. The lowest BCUT2D eigenvalue weighted by Crippen LogP contribution is -2.37. The Morgan fingerprint density at radius 1 is 1.70 bits per heavy atom. The van der Waals surface area contributed by atoms with Crippen molar-refractivity contribution in [3.63, 3.8) is 0 Å². The van der Waals surface area contributed by atoms with Crippen LogP contribution in [0.5, 0.6) is 0 Å². The molecule has 1 atom stereocenters. The predicted molar refractivity (Wildman–Crippen MR) is 43.3 cm³/mol. The Hall–Kier alpha value is -0.770. The zero-order valence-corrected chi connectivity index (χ0v) is 6.59. The van der Waals surface area contributed by atoms with Crippen LogP contribution in [0.1, 0.15) is 20.3 Å². The lowest BCUT2D eigenvalue weighted by Gasteiger charge is -2.03. The van der Waals surface area contributed by atoms with Gasteiger partial charge in [0.05, 0.1) is 0 Å². The van der Waals surface area contributed by atoms with Gasteiger partial charge in [0.2, 0.25) is 5.96 Å². The van der Waals surface area contributed by atoms with Crippen LogP contribution in [-0.2, 0) is 0 Å². The zero-order valence-electron chi connectivity index (χ0n) is 6.59. The topological polar surface area (TPSA) is 76.4 Å². The highest BCUT2D eigenvalue weighted by Gasteiger charge is 1.95. The van der Waals surface area contributed by atoms with E-state index in [1.807, 2.05) is 0 Å². The molecule has 60 valence electrons. The maximum Gasteiger partial charge on any atom is 0.203 e. The Bertz CT molecular complexity index is 110. The van der Waals surface area contributed by atoms with Crippen molar-refractivity contribution in [3.8, 4) is 0 Å². The van der Waals surface area contributed by atoms with Crippen LogP contribution in [0, 0.1) is 5.92 Å². The third kappa shape index (κ3) is 4.14. The number of hydrazine groups is 1. The number of aliphatic imine (C=N–C) groups is 1. The monoisotopic (exact) mass is 144 g/mol. The first-order valence-electron chi connectivity index (χ1n) is 3.47. The van der Waals surface area contributed by atoms with E-state index in [0.717, 1.165) is 13.0 Å². The van der Waals surface area contributed by atoms with Gasteiger partial charge in [-0.1, -0.05) is 20.3 Å². The molecule has 0 saturated carbocycles. The number of hydrogen-bond acceptors (Lipinski definition) is 2. The standard InChI is InChI=1S/C6H16N4/c1-3-5(2)4-9-6(7)10-8/h5H,3-4,8H2,1-2H3,(H3,7,9,10). The summed E-state index contributed by atoms with van der Waals surface area (Å²) in [4.78, 5) is 3.97. The molecule has 4 heteroatoms. The van der Waals surface area contributed by atoms with Gasteiger partial charge in [-0.2, -0.15) is 0 Å². The Balaban J connectivity index is 3.50. The van der Waals surface area contributed by atoms with E-state index in [2.05, 4.69) is 24.3 Å². The molecule has 5 N–H and O–H groups in total. The third-order valence-electron chi connectivity index (χ3n) is 1.42. The summed E-state index contributed by atoms with van der Waals surface area (Å²) in [6.07, 6.45) is 1.11. The second-order valence-corrected chi connectivity index (χ2v) is 2.38. The van der Waals surface area contributed by atoms with Crippen LogP contribution in [0.25, 0.3) is 0 Å². The van der Waals surface area contributed by atoms with Gasteiger partial charge in [0, 0.05) is 6.54 Å². The van der Waals surface area contributed by atoms with E-state index >= 15 is 0 Å². The zero-order chi connectivity index (χ0) is 7.98. The molecular weight excluding hydrogens is 128 g/mol. The van der Waals surface area contributed by atoms with Crippen LogP contribution in [0.15, 0.2) is 4.99 Å². The molecule has 0 aromatic carbocycles. The van der Waals surface area contributed by atoms with Crippen molar-refractivity contribution in [2.45, 2.75) is 20.3 Å². The van der Waals surface area contributed by atoms with Gasteiger partial charge in [-0.25, -0.2) is 5.84 Å². The molecule has 0 aliphatic carbocycles. The molecule has 0 bridgehead atoms. The number of rotatable bonds is 3. The van der Waals surface area contributed by atoms with E-state index < -0.39 is 0 Å². The van der Waals surface area contributed by atoms with Gasteiger partial charge < -0.3 is 5.73 Å². The minimum Gasteiger partial charge on any atom is -0.369 e. The fourth-order valence-electron chi connectivity index (χ4n) is 0.429. The van der Waals surface area contributed by atoms with Crippen LogP contribution >= 0.6 is 0 Å². The number of guanidine groups is 1. The van der Waals surface area contributed by atoms with Gasteiger partial charge in [0.15, 0.2) is 0 Å². The van der Waals surface area contributed by atoms with E-state index in [0.29, 0.717) is 11.9 Å². The molecular formula is C6H16N4. The van der Waals surface area contributed by atoms with Gasteiger partial charge in [0.1, 0.15) is 0 Å². The molecule has 0 aliphatic rings. The van der Waals surface area contributed by atoms with Crippen molar-refractivity contribution in [1.82, 2.24) is 5.43 Å². The molecule has 10 heavy (non-hydrogen) atoms. The van der Waals surface area contributed by atoms with Crippen molar-refractivity contribution < 1.29 is 0 Å². The fraction of sp³-hybridized carbons (Fsp3) is 0.833. The number of hydrogen-bond donors (Lipinski definition) is 3. The van der Waals surface area contributed by atoms with Crippen molar-refractivity contribution in [3.05, 3.63) is 0 Å². The summed E-state index contributed by atoms with van der Waals surface area (Å²) >= 11 is 0. The average molecular weight is 144 g/mol. The molecule has 0 rings (SSSR count). The molecule has 0 radical (unpaired) electrons. The van der Waals surface area contributed by atoms with Crippen molar-refractivity contribution in [1.29, 1.82) is 0 Å². The maximum absolute atomic E-state index is 5.29. The highest BCUT2D eigenvalue weighted by molar-refractivity contribution is 5.77. The smallest absolute Gasteiger partial charge is 0.203 e. The molecule has 1 unspecified atom stereocenters. The van der Waals surface area contributed by atoms with E-state index in [1.54, 1.807) is 0 Å². The van der Waals surface area contributed by atoms with Crippen LogP contribution < -0.4 is 17.0 Å². The Kier molecular flexibility index (Phi) is 4.66. The number of nitrogens with two attached hydrogens (primary N) is 2. The van der Waals surface area contributed by atoms with Crippen LogP contribution in [0.2, 0.25) is 0 Å². The summed E-state index contributed by atoms with van der Waals surface area (Å²) in [7, 11) is 0. The van der Waals surface area contributed by atoms with Gasteiger partial charge in [-0.15, -0.1) is 0 Å². The maximum atomic E-state index is 5.29. The van der Waals surface area contributed by atoms with Gasteiger partial charge in [0.25, 0.3) is 0 Å². The summed E-state index contributed by atoms with van der Waals surface area (Å²) in [6.45, 7) is 4.98.